The van der Waals surface area contributed by atoms with Gasteiger partial charge in [-0.15, -0.1) is 0 Å². The molecule has 0 aliphatic carbocycles. The van der Waals surface area contributed by atoms with Gasteiger partial charge in [-0.3, -0.25) is 9.69 Å². The Labute approximate surface area is 154 Å². The molecule has 2 fully saturated rings. The smallest absolute Gasteiger partial charge is 0.220 e. The summed E-state index contributed by atoms with van der Waals surface area (Å²) in [4.78, 5) is 14.1. The molecule has 0 saturated carbocycles. The third kappa shape index (κ3) is 3.73. The molecule has 2 heterocycles. The quantitative estimate of drug-likeness (QED) is 0.899. The molecule has 0 atom stereocenters. The maximum atomic E-state index is 11.5. The Morgan fingerprint density at radius 2 is 1.80 bits per heavy atom. The van der Waals surface area contributed by atoms with E-state index in [0.29, 0.717) is 6.42 Å². The van der Waals surface area contributed by atoms with Crippen molar-refractivity contribution < 1.29 is 4.79 Å². The summed E-state index contributed by atoms with van der Waals surface area (Å²) in [7, 11) is 0. The number of hydrogen-bond donors (Lipinski definition) is 1. The minimum atomic E-state index is 0.221. The second kappa shape index (κ2) is 6.81. The van der Waals surface area contributed by atoms with Crippen LogP contribution in [0.1, 0.15) is 24.8 Å². The first-order valence-electron chi connectivity index (χ1n) is 8.96. The standard InChI is InChI=1S/C21H23ClN2O/c22-19-6-4-17(5-7-19)18-3-1-2-16(12-18)14-24-10-8-21(9-11-24)13-20(25)23-15-21/h1-7,12H,8-11,13-15H2,(H,23,25). The van der Waals surface area contributed by atoms with Crippen LogP contribution >= 0.6 is 11.6 Å². The average molecular weight is 355 g/mol. The lowest BCUT2D eigenvalue weighted by atomic mass is 9.77. The lowest BCUT2D eigenvalue weighted by molar-refractivity contribution is -0.119. The van der Waals surface area contributed by atoms with E-state index < -0.39 is 0 Å². The van der Waals surface area contributed by atoms with Gasteiger partial charge in [0.15, 0.2) is 0 Å². The van der Waals surface area contributed by atoms with Gasteiger partial charge in [0.1, 0.15) is 0 Å². The Balaban J connectivity index is 1.41. The number of hydrogen-bond acceptors (Lipinski definition) is 2. The highest BCUT2D eigenvalue weighted by Gasteiger charge is 2.40. The van der Waals surface area contributed by atoms with Gasteiger partial charge >= 0.3 is 0 Å². The molecular formula is C21H23ClN2O. The minimum Gasteiger partial charge on any atom is -0.356 e. The van der Waals surface area contributed by atoms with Gasteiger partial charge in [-0.05, 0) is 66.2 Å². The van der Waals surface area contributed by atoms with Gasteiger partial charge in [-0.1, -0.05) is 41.9 Å². The van der Waals surface area contributed by atoms with E-state index in [2.05, 4.69) is 46.6 Å². The van der Waals surface area contributed by atoms with Crippen molar-refractivity contribution in [1.82, 2.24) is 10.2 Å². The summed E-state index contributed by atoms with van der Waals surface area (Å²) < 4.78 is 0. The average Bonchev–Trinajstić information content (AvgIpc) is 2.99. The van der Waals surface area contributed by atoms with Crippen molar-refractivity contribution in [3.63, 3.8) is 0 Å². The summed E-state index contributed by atoms with van der Waals surface area (Å²) in [5.74, 6) is 0.226. The van der Waals surface area contributed by atoms with Crippen molar-refractivity contribution in [2.75, 3.05) is 19.6 Å². The first-order valence-corrected chi connectivity index (χ1v) is 9.34. The molecule has 1 N–H and O–H groups in total. The molecule has 2 aromatic carbocycles. The number of nitrogens with one attached hydrogen (secondary N) is 1. The molecule has 0 bridgehead atoms. The van der Waals surface area contributed by atoms with Crippen LogP contribution in [-0.4, -0.2) is 30.4 Å². The van der Waals surface area contributed by atoms with Crippen LogP contribution in [0.2, 0.25) is 5.02 Å². The van der Waals surface area contributed by atoms with Crippen molar-refractivity contribution in [3.8, 4) is 11.1 Å². The molecule has 25 heavy (non-hydrogen) atoms. The molecular weight excluding hydrogens is 332 g/mol. The third-order valence-electron chi connectivity index (χ3n) is 5.62. The zero-order valence-electron chi connectivity index (χ0n) is 14.3. The lowest BCUT2D eigenvalue weighted by Gasteiger charge is -2.38. The van der Waals surface area contributed by atoms with E-state index in [0.717, 1.165) is 44.0 Å². The molecule has 0 unspecified atom stereocenters. The number of likely N-dealkylation sites (tertiary alicyclic amines) is 1. The van der Waals surface area contributed by atoms with Crippen LogP contribution in [0.5, 0.6) is 0 Å². The number of nitrogens with zero attached hydrogens (tertiary/aromatic N) is 1. The van der Waals surface area contributed by atoms with E-state index in [4.69, 9.17) is 11.6 Å². The van der Waals surface area contributed by atoms with E-state index in [-0.39, 0.29) is 11.3 Å². The molecule has 0 radical (unpaired) electrons. The zero-order chi connectivity index (χ0) is 17.3. The van der Waals surface area contributed by atoms with Crippen LogP contribution in [-0.2, 0) is 11.3 Å². The monoisotopic (exact) mass is 354 g/mol. The summed E-state index contributed by atoms with van der Waals surface area (Å²) in [5, 5.41) is 3.77. The van der Waals surface area contributed by atoms with Crippen molar-refractivity contribution >= 4 is 17.5 Å². The summed E-state index contributed by atoms with van der Waals surface area (Å²) in [6.07, 6.45) is 2.94. The van der Waals surface area contributed by atoms with E-state index in [9.17, 15) is 4.79 Å². The first-order chi connectivity index (χ1) is 12.1. The Morgan fingerprint density at radius 1 is 1.04 bits per heavy atom. The van der Waals surface area contributed by atoms with Crippen LogP contribution in [0.4, 0.5) is 0 Å². The first kappa shape index (κ1) is 16.6. The van der Waals surface area contributed by atoms with Crippen LogP contribution in [0.15, 0.2) is 48.5 Å². The Morgan fingerprint density at radius 3 is 2.48 bits per heavy atom. The van der Waals surface area contributed by atoms with Crippen molar-refractivity contribution in [1.29, 1.82) is 0 Å². The van der Waals surface area contributed by atoms with Gasteiger partial charge in [0.05, 0.1) is 0 Å². The zero-order valence-corrected chi connectivity index (χ0v) is 15.1. The maximum absolute atomic E-state index is 11.5. The molecule has 2 aliphatic heterocycles. The van der Waals surface area contributed by atoms with E-state index in [1.807, 2.05) is 12.1 Å². The number of carbonyl (C=O) groups excluding carboxylic acids is 1. The van der Waals surface area contributed by atoms with Crippen molar-refractivity contribution in [2.45, 2.75) is 25.8 Å². The second-order valence-electron chi connectivity index (χ2n) is 7.44. The van der Waals surface area contributed by atoms with Crippen LogP contribution in [0, 0.1) is 5.41 Å². The largest absolute Gasteiger partial charge is 0.356 e. The number of halogens is 1. The van der Waals surface area contributed by atoms with Gasteiger partial charge in [-0.2, -0.15) is 0 Å². The molecule has 2 saturated heterocycles. The molecule has 3 nitrogen and oxygen atoms in total. The van der Waals surface area contributed by atoms with Gasteiger partial charge in [-0.25, -0.2) is 0 Å². The van der Waals surface area contributed by atoms with Crippen molar-refractivity contribution in [3.05, 3.63) is 59.1 Å². The predicted molar refractivity (Wildman–Crippen MR) is 101 cm³/mol. The molecule has 2 aromatic rings. The molecule has 0 aromatic heterocycles. The summed E-state index contributed by atoms with van der Waals surface area (Å²) in [6.45, 7) is 3.98. The number of carbonyl (C=O) groups is 1. The summed E-state index contributed by atoms with van der Waals surface area (Å²) >= 11 is 5.99. The Hall–Kier alpha value is -1.84. The molecule has 4 rings (SSSR count). The fourth-order valence-corrected chi connectivity index (χ4v) is 4.17. The lowest BCUT2D eigenvalue weighted by Crippen LogP contribution is -2.40. The number of amides is 1. The number of piperidine rings is 1. The molecule has 4 heteroatoms. The predicted octanol–water partition coefficient (Wildman–Crippen LogP) is 4.11. The Kier molecular flexibility index (Phi) is 4.53. The summed E-state index contributed by atoms with van der Waals surface area (Å²) in [6, 6.07) is 16.7. The van der Waals surface area contributed by atoms with Crippen LogP contribution in [0.25, 0.3) is 11.1 Å². The maximum Gasteiger partial charge on any atom is 0.220 e. The number of rotatable bonds is 3. The third-order valence-corrected chi connectivity index (χ3v) is 5.88. The fraction of sp³-hybridized carbons (Fsp3) is 0.381. The van der Waals surface area contributed by atoms with Gasteiger partial charge < -0.3 is 5.32 Å². The van der Waals surface area contributed by atoms with E-state index in [1.165, 1.54) is 16.7 Å². The highest BCUT2D eigenvalue weighted by atomic mass is 35.5. The topological polar surface area (TPSA) is 32.3 Å². The van der Waals surface area contributed by atoms with Crippen LogP contribution in [0.3, 0.4) is 0 Å². The van der Waals surface area contributed by atoms with Gasteiger partial charge in [0.25, 0.3) is 0 Å². The van der Waals surface area contributed by atoms with E-state index >= 15 is 0 Å². The van der Waals surface area contributed by atoms with Gasteiger partial charge in [0.2, 0.25) is 5.91 Å². The molecule has 1 spiro atoms. The SMILES string of the molecule is O=C1CC2(CCN(Cc3cccc(-c4ccc(Cl)cc4)c3)CC2)CN1. The molecule has 1 amide bonds. The van der Waals surface area contributed by atoms with E-state index in [1.54, 1.807) is 0 Å². The normalized spacial score (nSPS) is 20.0. The second-order valence-corrected chi connectivity index (χ2v) is 7.87. The highest BCUT2D eigenvalue weighted by molar-refractivity contribution is 6.30. The van der Waals surface area contributed by atoms with Crippen LogP contribution < -0.4 is 5.32 Å². The summed E-state index contributed by atoms with van der Waals surface area (Å²) in [5.41, 5.74) is 3.98. The van der Waals surface area contributed by atoms with Crippen molar-refractivity contribution in [2.24, 2.45) is 5.41 Å². The number of benzene rings is 2. The highest BCUT2D eigenvalue weighted by Crippen LogP contribution is 2.37. The molecule has 130 valence electrons. The Bertz CT molecular complexity index is 764. The minimum absolute atomic E-state index is 0.221. The fourth-order valence-electron chi connectivity index (χ4n) is 4.04. The molecule has 2 aliphatic rings. The van der Waals surface area contributed by atoms with Gasteiger partial charge in [0, 0.05) is 24.5 Å².